The summed E-state index contributed by atoms with van der Waals surface area (Å²) >= 11 is 5.18. The minimum Gasteiger partial charge on any atom is -0.332 e. The molecule has 0 radical (unpaired) electrons. The summed E-state index contributed by atoms with van der Waals surface area (Å²) in [7, 11) is 0. The molecule has 3 N–H and O–H groups in total. The van der Waals surface area contributed by atoms with E-state index in [0.717, 1.165) is 0 Å². The van der Waals surface area contributed by atoms with Crippen molar-refractivity contribution in [2.45, 2.75) is 6.92 Å². The van der Waals surface area contributed by atoms with E-state index >= 15 is 0 Å². The maximum Gasteiger partial charge on any atom is 0.271 e. The second-order valence-corrected chi connectivity index (χ2v) is 5.06. The number of hydrogen-bond acceptors (Lipinski definition) is 4. The first-order valence-corrected chi connectivity index (χ1v) is 7.05. The summed E-state index contributed by atoms with van der Waals surface area (Å²) in [5.41, 5.74) is 1.81. The predicted octanol–water partition coefficient (Wildman–Crippen LogP) is 3.36. The van der Waals surface area contributed by atoms with Gasteiger partial charge in [-0.3, -0.25) is 14.9 Å². The first-order valence-electron chi connectivity index (χ1n) is 6.64. The highest BCUT2D eigenvalue weighted by Crippen LogP contribution is 2.18. The van der Waals surface area contributed by atoms with Crippen LogP contribution in [0.1, 0.15) is 6.92 Å². The molecule has 0 atom stereocenters. The van der Waals surface area contributed by atoms with Crippen molar-refractivity contribution in [2.24, 2.45) is 0 Å². The normalized spacial score (nSPS) is 9.78. The van der Waals surface area contributed by atoms with Gasteiger partial charge in [0, 0.05) is 36.1 Å². The lowest BCUT2D eigenvalue weighted by Crippen LogP contribution is -2.19. The highest BCUT2D eigenvalue weighted by Gasteiger charge is 2.07. The van der Waals surface area contributed by atoms with Gasteiger partial charge in [-0.1, -0.05) is 12.1 Å². The molecule has 0 aliphatic carbocycles. The van der Waals surface area contributed by atoms with Crippen LogP contribution in [0.2, 0.25) is 0 Å². The van der Waals surface area contributed by atoms with Gasteiger partial charge in [-0.15, -0.1) is 0 Å². The quantitative estimate of drug-likeness (QED) is 0.452. The van der Waals surface area contributed by atoms with Crippen molar-refractivity contribution in [1.29, 1.82) is 0 Å². The van der Waals surface area contributed by atoms with Gasteiger partial charge in [0.25, 0.3) is 5.69 Å². The summed E-state index contributed by atoms with van der Waals surface area (Å²) in [6.07, 6.45) is 0. The number of hydrogen-bond donors (Lipinski definition) is 3. The average Bonchev–Trinajstić information content (AvgIpc) is 2.47. The third-order valence-corrected chi connectivity index (χ3v) is 2.96. The summed E-state index contributed by atoms with van der Waals surface area (Å²) in [6, 6.07) is 13.1. The molecule has 0 unspecified atom stereocenters. The minimum absolute atomic E-state index is 0.0227. The molecule has 0 spiro atoms. The molecule has 0 aliphatic heterocycles. The van der Waals surface area contributed by atoms with Gasteiger partial charge in [0.1, 0.15) is 0 Å². The van der Waals surface area contributed by atoms with E-state index in [1.54, 1.807) is 36.4 Å². The lowest BCUT2D eigenvalue weighted by molar-refractivity contribution is -0.384. The fourth-order valence-electron chi connectivity index (χ4n) is 1.87. The number of non-ortho nitro benzene ring substituents is 1. The van der Waals surface area contributed by atoms with Gasteiger partial charge >= 0.3 is 0 Å². The molecule has 0 saturated carbocycles. The van der Waals surface area contributed by atoms with E-state index in [2.05, 4.69) is 16.0 Å². The molecular weight excluding hydrogens is 316 g/mol. The Balaban J connectivity index is 2.03. The third-order valence-electron chi connectivity index (χ3n) is 2.76. The van der Waals surface area contributed by atoms with E-state index in [-0.39, 0.29) is 16.7 Å². The Bertz CT molecular complexity index is 764. The minimum atomic E-state index is -0.474. The lowest BCUT2D eigenvalue weighted by Gasteiger charge is -2.11. The third kappa shape index (κ3) is 5.04. The van der Waals surface area contributed by atoms with Gasteiger partial charge in [-0.05, 0) is 36.5 Å². The fourth-order valence-corrected chi connectivity index (χ4v) is 2.10. The molecule has 0 aromatic heterocycles. The van der Waals surface area contributed by atoms with Crippen molar-refractivity contribution in [3.05, 3.63) is 58.6 Å². The zero-order valence-electron chi connectivity index (χ0n) is 12.2. The SMILES string of the molecule is CC(=O)Nc1cccc(NC(=S)Nc2cccc([N+](=O)[O-])c2)c1. The number of carbonyl (C=O) groups is 1. The number of nitro benzene ring substituents is 1. The summed E-state index contributed by atoms with van der Waals surface area (Å²) < 4.78 is 0. The largest absolute Gasteiger partial charge is 0.332 e. The second kappa shape index (κ2) is 7.32. The molecule has 0 fully saturated rings. The highest BCUT2D eigenvalue weighted by atomic mass is 32.1. The zero-order valence-corrected chi connectivity index (χ0v) is 13.0. The number of carbonyl (C=O) groups excluding carboxylic acids is 1. The van der Waals surface area contributed by atoms with Crippen LogP contribution in [-0.4, -0.2) is 15.9 Å². The molecular formula is C15H14N4O3S. The number of amides is 1. The first-order chi connectivity index (χ1) is 10.9. The zero-order chi connectivity index (χ0) is 16.8. The molecule has 2 aromatic rings. The van der Waals surface area contributed by atoms with E-state index in [9.17, 15) is 14.9 Å². The maximum absolute atomic E-state index is 11.1. The number of anilines is 3. The van der Waals surface area contributed by atoms with Crippen molar-refractivity contribution < 1.29 is 9.72 Å². The molecule has 7 nitrogen and oxygen atoms in total. The number of nitro groups is 1. The second-order valence-electron chi connectivity index (χ2n) is 4.65. The van der Waals surface area contributed by atoms with Crippen molar-refractivity contribution in [3.8, 4) is 0 Å². The van der Waals surface area contributed by atoms with Crippen molar-refractivity contribution in [3.63, 3.8) is 0 Å². The number of nitrogens with one attached hydrogen (secondary N) is 3. The Morgan fingerprint density at radius 3 is 2.09 bits per heavy atom. The van der Waals surface area contributed by atoms with E-state index in [1.165, 1.54) is 19.1 Å². The monoisotopic (exact) mass is 330 g/mol. The van der Waals surface area contributed by atoms with Crippen LogP contribution in [0.15, 0.2) is 48.5 Å². The molecule has 0 bridgehead atoms. The molecule has 23 heavy (non-hydrogen) atoms. The molecule has 0 saturated heterocycles. The maximum atomic E-state index is 11.1. The predicted molar refractivity (Wildman–Crippen MR) is 93.7 cm³/mol. The van der Waals surface area contributed by atoms with Gasteiger partial charge in [0.05, 0.1) is 4.92 Å². The smallest absolute Gasteiger partial charge is 0.271 e. The first kappa shape index (κ1) is 16.4. The Hall–Kier alpha value is -3.00. The number of thiocarbonyl (C=S) groups is 1. The molecule has 2 aromatic carbocycles. The summed E-state index contributed by atoms with van der Waals surface area (Å²) in [6.45, 7) is 1.43. The summed E-state index contributed by atoms with van der Waals surface area (Å²) in [5, 5.41) is 19.5. The number of benzene rings is 2. The standard InChI is InChI=1S/C15H14N4O3S/c1-10(20)16-11-4-2-5-12(8-11)17-15(23)18-13-6-3-7-14(9-13)19(21)22/h2-9H,1H3,(H,16,20)(H2,17,18,23). The van der Waals surface area contributed by atoms with Gasteiger partial charge < -0.3 is 16.0 Å². The molecule has 0 aliphatic rings. The van der Waals surface area contributed by atoms with Gasteiger partial charge in [-0.2, -0.15) is 0 Å². The van der Waals surface area contributed by atoms with Crippen LogP contribution < -0.4 is 16.0 Å². The van der Waals surface area contributed by atoms with Crippen LogP contribution >= 0.6 is 12.2 Å². The van der Waals surface area contributed by atoms with Crippen molar-refractivity contribution in [1.82, 2.24) is 0 Å². The Morgan fingerprint density at radius 2 is 1.52 bits per heavy atom. The Kier molecular flexibility index (Phi) is 5.21. The Morgan fingerprint density at radius 1 is 1.00 bits per heavy atom. The van der Waals surface area contributed by atoms with Gasteiger partial charge in [-0.25, -0.2) is 0 Å². The fraction of sp³-hybridized carbons (Fsp3) is 0.0667. The van der Waals surface area contributed by atoms with Gasteiger partial charge in [0.15, 0.2) is 5.11 Å². The van der Waals surface area contributed by atoms with Crippen LogP contribution in [0.5, 0.6) is 0 Å². The van der Waals surface area contributed by atoms with Gasteiger partial charge in [0.2, 0.25) is 5.91 Å². The molecule has 0 heterocycles. The van der Waals surface area contributed by atoms with Crippen LogP contribution in [0.25, 0.3) is 0 Å². The van der Waals surface area contributed by atoms with Crippen molar-refractivity contribution >= 4 is 46.0 Å². The van der Waals surface area contributed by atoms with E-state index in [1.807, 2.05) is 0 Å². The van der Waals surface area contributed by atoms with Crippen LogP contribution in [0.4, 0.5) is 22.7 Å². The van der Waals surface area contributed by atoms with E-state index in [0.29, 0.717) is 17.1 Å². The summed E-state index contributed by atoms with van der Waals surface area (Å²) in [4.78, 5) is 21.3. The average molecular weight is 330 g/mol. The van der Waals surface area contributed by atoms with E-state index < -0.39 is 4.92 Å². The lowest BCUT2D eigenvalue weighted by atomic mass is 10.2. The number of rotatable bonds is 4. The molecule has 1 amide bonds. The highest BCUT2D eigenvalue weighted by molar-refractivity contribution is 7.80. The van der Waals surface area contributed by atoms with E-state index in [4.69, 9.17) is 12.2 Å². The molecule has 2 rings (SSSR count). The molecule has 118 valence electrons. The summed E-state index contributed by atoms with van der Waals surface area (Å²) in [5.74, 6) is -0.167. The number of nitrogens with zero attached hydrogens (tertiary/aromatic N) is 1. The van der Waals surface area contributed by atoms with Crippen LogP contribution in [0, 0.1) is 10.1 Å². The van der Waals surface area contributed by atoms with Crippen LogP contribution in [-0.2, 0) is 4.79 Å². The Labute approximate surface area is 137 Å². The molecule has 8 heteroatoms. The topological polar surface area (TPSA) is 96.3 Å². The van der Waals surface area contributed by atoms with Crippen molar-refractivity contribution in [2.75, 3.05) is 16.0 Å². The van der Waals surface area contributed by atoms with Crippen LogP contribution in [0.3, 0.4) is 0 Å².